The Hall–Kier alpha value is -2.41. The van der Waals surface area contributed by atoms with Crippen molar-refractivity contribution >= 4 is 28.6 Å². The van der Waals surface area contributed by atoms with Crippen molar-refractivity contribution in [3.8, 4) is 0 Å². The lowest BCUT2D eigenvalue weighted by Crippen LogP contribution is -2.28. The van der Waals surface area contributed by atoms with Gasteiger partial charge in [0.2, 0.25) is 5.91 Å². The van der Waals surface area contributed by atoms with Crippen molar-refractivity contribution in [3.05, 3.63) is 56.8 Å². The van der Waals surface area contributed by atoms with E-state index >= 15 is 0 Å². The van der Waals surface area contributed by atoms with Crippen LogP contribution in [0.25, 0.3) is 0 Å². The molecular formula is C15H17N3O3S. The molecule has 0 spiro atoms. The van der Waals surface area contributed by atoms with Crippen LogP contribution in [0.4, 0.5) is 11.4 Å². The number of benzene rings is 1. The highest BCUT2D eigenvalue weighted by Gasteiger charge is 2.11. The van der Waals surface area contributed by atoms with Crippen LogP contribution in [0, 0.1) is 10.1 Å². The smallest absolute Gasteiger partial charge is 0.292 e. The topological polar surface area (TPSA) is 84.3 Å². The molecular weight excluding hydrogens is 302 g/mol. The lowest BCUT2D eigenvalue weighted by Gasteiger charge is -2.08. The summed E-state index contributed by atoms with van der Waals surface area (Å²) in [6.45, 7) is 0.866. The van der Waals surface area contributed by atoms with E-state index in [2.05, 4.69) is 10.6 Å². The quantitative estimate of drug-likeness (QED) is 0.445. The van der Waals surface area contributed by atoms with Crippen molar-refractivity contribution in [2.24, 2.45) is 0 Å². The summed E-state index contributed by atoms with van der Waals surface area (Å²) in [5.41, 5.74) is 0.492. The third-order valence-electron chi connectivity index (χ3n) is 3.04. The maximum atomic E-state index is 11.7. The second kappa shape index (κ2) is 8.14. The molecule has 116 valence electrons. The average Bonchev–Trinajstić information content (AvgIpc) is 3.03. The summed E-state index contributed by atoms with van der Waals surface area (Å²) in [4.78, 5) is 23.3. The van der Waals surface area contributed by atoms with Crippen molar-refractivity contribution in [3.63, 3.8) is 0 Å². The molecule has 6 nitrogen and oxygen atoms in total. The van der Waals surface area contributed by atoms with E-state index in [1.54, 1.807) is 29.5 Å². The van der Waals surface area contributed by atoms with Crippen LogP contribution in [0.15, 0.2) is 41.8 Å². The van der Waals surface area contributed by atoms with Gasteiger partial charge in [-0.3, -0.25) is 14.9 Å². The van der Waals surface area contributed by atoms with Crippen molar-refractivity contribution in [2.45, 2.75) is 12.8 Å². The molecule has 0 aliphatic heterocycles. The first kappa shape index (κ1) is 16.0. The van der Waals surface area contributed by atoms with Gasteiger partial charge in [-0.15, -0.1) is 11.3 Å². The molecule has 0 bridgehead atoms. The van der Waals surface area contributed by atoms with Crippen LogP contribution in [0.5, 0.6) is 0 Å². The summed E-state index contributed by atoms with van der Waals surface area (Å²) in [7, 11) is 0. The van der Waals surface area contributed by atoms with E-state index in [1.807, 2.05) is 17.5 Å². The molecule has 7 heteroatoms. The molecule has 2 aromatic rings. The molecule has 0 aliphatic carbocycles. The van der Waals surface area contributed by atoms with Gasteiger partial charge in [0.15, 0.2) is 0 Å². The number of nitrogens with one attached hydrogen (secondary N) is 2. The van der Waals surface area contributed by atoms with Crippen LogP contribution in [-0.2, 0) is 11.2 Å². The van der Waals surface area contributed by atoms with Crippen molar-refractivity contribution < 1.29 is 9.72 Å². The van der Waals surface area contributed by atoms with Crippen LogP contribution in [0.1, 0.15) is 11.3 Å². The number of thiophene rings is 1. The molecule has 2 N–H and O–H groups in total. The van der Waals surface area contributed by atoms with E-state index in [1.165, 1.54) is 10.9 Å². The molecule has 1 heterocycles. The second-order valence-electron chi connectivity index (χ2n) is 4.63. The number of carbonyl (C=O) groups excluding carboxylic acids is 1. The number of anilines is 1. The number of carbonyl (C=O) groups is 1. The Bertz CT molecular complexity index is 629. The summed E-state index contributed by atoms with van der Waals surface area (Å²) in [6, 6.07) is 10.4. The van der Waals surface area contributed by atoms with E-state index < -0.39 is 4.92 Å². The highest BCUT2D eigenvalue weighted by atomic mass is 32.1. The lowest BCUT2D eigenvalue weighted by molar-refractivity contribution is -0.384. The molecule has 1 aromatic heterocycles. The van der Waals surface area contributed by atoms with Crippen molar-refractivity contribution in [1.29, 1.82) is 0 Å². The number of nitro groups is 1. The first-order valence-electron chi connectivity index (χ1n) is 6.93. The van der Waals surface area contributed by atoms with Crippen LogP contribution in [0.2, 0.25) is 0 Å². The SMILES string of the molecule is O=C(CCc1cccs1)NCCNc1ccccc1[N+](=O)[O-]. The molecule has 0 atom stereocenters. The molecule has 2 rings (SSSR count). The molecule has 0 radical (unpaired) electrons. The Balaban J connectivity index is 1.68. The van der Waals surface area contributed by atoms with Gasteiger partial charge in [-0.2, -0.15) is 0 Å². The molecule has 0 saturated carbocycles. The first-order chi connectivity index (χ1) is 10.7. The largest absolute Gasteiger partial charge is 0.378 e. The highest BCUT2D eigenvalue weighted by Crippen LogP contribution is 2.22. The summed E-state index contributed by atoms with van der Waals surface area (Å²) in [5, 5.41) is 18.6. The average molecular weight is 319 g/mol. The van der Waals surface area contributed by atoms with Gasteiger partial charge < -0.3 is 10.6 Å². The molecule has 1 aromatic carbocycles. The van der Waals surface area contributed by atoms with Crippen LogP contribution < -0.4 is 10.6 Å². The molecule has 0 unspecified atom stereocenters. The number of aryl methyl sites for hydroxylation is 1. The Labute approximate surface area is 132 Å². The number of para-hydroxylation sites is 2. The predicted octanol–water partition coefficient (Wildman–Crippen LogP) is 2.82. The van der Waals surface area contributed by atoms with Gasteiger partial charge in [-0.05, 0) is 23.9 Å². The fourth-order valence-corrected chi connectivity index (χ4v) is 2.67. The normalized spacial score (nSPS) is 10.2. The summed E-state index contributed by atoms with van der Waals surface area (Å²) in [6.07, 6.45) is 1.19. The van der Waals surface area contributed by atoms with E-state index in [0.29, 0.717) is 25.2 Å². The number of hydrogen-bond donors (Lipinski definition) is 2. The summed E-state index contributed by atoms with van der Waals surface area (Å²) < 4.78 is 0. The zero-order chi connectivity index (χ0) is 15.8. The second-order valence-corrected chi connectivity index (χ2v) is 5.66. The van der Waals surface area contributed by atoms with Gasteiger partial charge in [-0.1, -0.05) is 18.2 Å². The standard InChI is InChI=1S/C15H17N3O3S/c19-15(8-7-12-4-3-11-22-12)17-10-9-16-13-5-1-2-6-14(13)18(20)21/h1-6,11,16H,7-10H2,(H,17,19). The predicted molar refractivity (Wildman–Crippen MR) is 87.2 cm³/mol. The fraction of sp³-hybridized carbons (Fsp3) is 0.267. The minimum absolute atomic E-state index is 0.0160. The maximum Gasteiger partial charge on any atom is 0.292 e. The Morgan fingerprint density at radius 3 is 2.73 bits per heavy atom. The first-order valence-corrected chi connectivity index (χ1v) is 7.81. The minimum Gasteiger partial charge on any atom is -0.378 e. The summed E-state index contributed by atoms with van der Waals surface area (Å²) in [5.74, 6) is -0.0160. The zero-order valence-corrected chi connectivity index (χ0v) is 12.8. The monoisotopic (exact) mass is 319 g/mol. The molecule has 22 heavy (non-hydrogen) atoms. The molecule has 1 amide bonds. The fourth-order valence-electron chi connectivity index (χ4n) is 1.96. The van der Waals surface area contributed by atoms with Gasteiger partial charge in [0.1, 0.15) is 5.69 Å². The van der Waals surface area contributed by atoms with Crippen molar-refractivity contribution in [2.75, 3.05) is 18.4 Å². The molecule has 0 aliphatic rings. The number of nitro benzene ring substituents is 1. The van der Waals surface area contributed by atoms with Crippen LogP contribution >= 0.6 is 11.3 Å². The van der Waals surface area contributed by atoms with Gasteiger partial charge >= 0.3 is 0 Å². The molecule has 0 saturated heterocycles. The maximum absolute atomic E-state index is 11.7. The van der Waals surface area contributed by atoms with E-state index in [4.69, 9.17) is 0 Å². The number of amides is 1. The number of nitrogens with zero attached hydrogens (tertiary/aromatic N) is 1. The lowest BCUT2D eigenvalue weighted by atomic mass is 10.2. The number of hydrogen-bond acceptors (Lipinski definition) is 5. The van der Waals surface area contributed by atoms with Gasteiger partial charge in [-0.25, -0.2) is 0 Å². The highest BCUT2D eigenvalue weighted by molar-refractivity contribution is 7.09. The van der Waals surface area contributed by atoms with E-state index in [-0.39, 0.29) is 11.6 Å². The number of rotatable bonds is 8. The van der Waals surface area contributed by atoms with Crippen molar-refractivity contribution in [1.82, 2.24) is 5.32 Å². The third-order valence-corrected chi connectivity index (χ3v) is 3.98. The summed E-state index contributed by atoms with van der Waals surface area (Å²) >= 11 is 1.64. The van der Waals surface area contributed by atoms with Gasteiger partial charge in [0.25, 0.3) is 5.69 Å². The minimum atomic E-state index is -0.429. The van der Waals surface area contributed by atoms with Gasteiger partial charge in [0.05, 0.1) is 4.92 Å². The zero-order valence-electron chi connectivity index (χ0n) is 12.0. The van der Waals surface area contributed by atoms with E-state index in [9.17, 15) is 14.9 Å². The third kappa shape index (κ3) is 4.85. The van der Waals surface area contributed by atoms with Gasteiger partial charge in [0, 0.05) is 30.5 Å². The molecule has 0 fully saturated rings. The Morgan fingerprint density at radius 2 is 2.00 bits per heavy atom. The Kier molecular flexibility index (Phi) is 5.91. The van der Waals surface area contributed by atoms with Crippen LogP contribution in [0.3, 0.4) is 0 Å². The Morgan fingerprint density at radius 1 is 1.18 bits per heavy atom. The van der Waals surface area contributed by atoms with Crippen LogP contribution in [-0.4, -0.2) is 23.9 Å². The van der Waals surface area contributed by atoms with E-state index in [0.717, 1.165) is 6.42 Å².